The molecule has 18 heavy (non-hydrogen) atoms. The molecule has 0 bridgehead atoms. The zero-order chi connectivity index (χ0) is 12.5. The summed E-state index contributed by atoms with van der Waals surface area (Å²) in [4.78, 5) is 33.7. The van der Waals surface area contributed by atoms with Crippen LogP contribution in [0.4, 0.5) is 0 Å². The van der Waals surface area contributed by atoms with Crippen LogP contribution in [0, 0.1) is 0 Å². The number of benzene rings is 1. The number of H-pyrrole nitrogens is 3. The molecule has 0 aliphatic carbocycles. The number of nitrogens with one attached hydrogen (secondary N) is 3. The lowest BCUT2D eigenvalue weighted by molar-refractivity contribution is 0.449. The standard InChI is InChI=1S/C11H8N4O3/c16-9-7-8(13-10(17)15-9)14-11(12-7)18-6-4-2-1-3-5-6/h1-5H,(H3,12,13,14,15,16,17). The zero-order valence-electron chi connectivity index (χ0n) is 9.06. The number of para-hydroxylation sites is 1. The second-order valence-electron chi connectivity index (χ2n) is 3.59. The van der Waals surface area contributed by atoms with Crippen LogP contribution in [-0.4, -0.2) is 19.9 Å². The van der Waals surface area contributed by atoms with E-state index < -0.39 is 11.2 Å². The van der Waals surface area contributed by atoms with Gasteiger partial charge in [0.25, 0.3) is 5.56 Å². The van der Waals surface area contributed by atoms with Crippen molar-refractivity contribution >= 4 is 11.2 Å². The summed E-state index contributed by atoms with van der Waals surface area (Å²) >= 11 is 0. The Balaban J connectivity index is 2.07. The van der Waals surface area contributed by atoms with Crippen molar-refractivity contribution in [3.8, 4) is 11.8 Å². The van der Waals surface area contributed by atoms with Crippen LogP contribution in [0.1, 0.15) is 0 Å². The monoisotopic (exact) mass is 244 g/mol. The van der Waals surface area contributed by atoms with Crippen LogP contribution < -0.4 is 16.0 Å². The molecular formula is C11H8N4O3. The molecule has 90 valence electrons. The van der Waals surface area contributed by atoms with Crippen molar-refractivity contribution < 1.29 is 4.74 Å². The highest BCUT2D eigenvalue weighted by molar-refractivity contribution is 5.69. The fourth-order valence-electron chi connectivity index (χ4n) is 1.56. The normalized spacial score (nSPS) is 10.7. The highest BCUT2D eigenvalue weighted by Gasteiger charge is 2.08. The van der Waals surface area contributed by atoms with E-state index in [1.54, 1.807) is 12.1 Å². The number of imidazole rings is 1. The predicted octanol–water partition coefficient (Wildman–Crippen LogP) is 0.732. The van der Waals surface area contributed by atoms with Gasteiger partial charge in [0.15, 0.2) is 11.2 Å². The van der Waals surface area contributed by atoms with Crippen LogP contribution in [-0.2, 0) is 0 Å². The molecule has 0 aliphatic heterocycles. The molecular weight excluding hydrogens is 236 g/mol. The maximum absolute atomic E-state index is 11.5. The summed E-state index contributed by atoms with van der Waals surface area (Å²) in [5, 5.41) is 0. The van der Waals surface area contributed by atoms with E-state index in [2.05, 4.69) is 19.9 Å². The molecule has 7 nitrogen and oxygen atoms in total. The number of aromatic amines is 3. The third-order valence-corrected chi connectivity index (χ3v) is 2.33. The van der Waals surface area contributed by atoms with Crippen LogP contribution >= 0.6 is 0 Å². The minimum absolute atomic E-state index is 0.142. The van der Waals surface area contributed by atoms with Gasteiger partial charge in [-0.05, 0) is 12.1 Å². The average Bonchev–Trinajstić information content (AvgIpc) is 2.73. The van der Waals surface area contributed by atoms with Gasteiger partial charge in [0.05, 0.1) is 0 Å². The van der Waals surface area contributed by atoms with Gasteiger partial charge in [-0.2, -0.15) is 4.98 Å². The molecule has 0 aliphatic rings. The van der Waals surface area contributed by atoms with Crippen molar-refractivity contribution in [2.75, 3.05) is 0 Å². The number of nitrogens with zero attached hydrogens (tertiary/aromatic N) is 1. The smallest absolute Gasteiger partial charge is 0.327 e. The van der Waals surface area contributed by atoms with Crippen LogP contribution in [0.2, 0.25) is 0 Å². The molecule has 0 unspecified atom stereocenters. The van der Waals surface area contributed by atoms with E-state index in [1.807, 2.05) is 18.2 Å². The van der Waals surface area contributed by atoms with Crippen molar-refractivity contribution in [3.63, 3.8) is 0 Å². The average molecular weight is 244 g/mol. The summed E-state index contributed by atoms with van der Waals surface area (Å²) in [6.45, 7) is 0. The highest BCUT2D eigenvalue weighted by Crippen LogP contribution is 2.18. The SMILES string of the molecule is O=c1[nH]c(=O)c2[nH]c(Oc3ccccc3)nc2[nH]1. The molecule has 3 aromatic rings. The number of ether oxygens (including phenoxy) is 1. The van der Waals surface area contributed by atoms with E-state index in [1.165, 1.54) is 0 Å². The first kappa shape index (κ1) is 10.3. The number of fused-ring (bicyclic) bond motifs is 1. The first-order valence-electron chi connectivity index (χ1n) is 5.17. The summed E-state index contributed by atoms with van der Waals surface area (Å²) in [5.41, 5.74) is -0.815. The second-order valence-corrected chi connectivity index (χ2v) is 3.59. The van der Waals surface area contributed by atoms with Gasteiger partial charge >= 0.3 is 11.7 Å². The Morgan fingerprint density at radius 1 is 1.00 bits per heavy atom. The summed E-state index contributed by atoms with van der Waals surface area (Å²) in [6, 6.07) is 9.12. The quantitative estimate of drug-likeness (QED) is 0.618. The lowest BCUT2D eigenvalue weighted by Crippen LogP contribution is -2.21. The maximum atomic E-state index is 11.5. The molecule has 0 saturated carbocycles. The summed E-state index contributed by atoms with van der Waals surface area (Å²) in [6.07, 6.45) is 0. The van der Waals surface area contributed by atoms with E-state index in [9.17, 15) is 9.59 Å². The van der Waals surface area contributed by atoms with E-state index in [4.69, 9.17) is 4.74 Å². The molecule has 1 aromatic carbocycles. The third kappa shape index (κ3) is 1.77. The van der Waals surface area contributed by atoms with Crippen molar-refractivity contribution in [1.29, 1.82) is 0 Å². The van der Waals surface area contributed by atoms with Gasteiger partial charge in [-0.1, -0.05) is 18.2 Å². The van der Waals surface area contributed by atoms with Crippen LogP contribution in [0.5, 0.6) is 11.8 Å². The van der Waals surface area contributed by atoms with Crippen molar-refractivity contribution in [1.82, 2.24) is 19.9 Å². The first-order valence-corrected chi connectivity index (χ1v) is 5.17. The molecule has 0 spiro atoms. The van der Waals surface area contributed by atoms with Crippen molar-refractivity contribution in [2.45, 2.75) is 0 Å². The third-order valence-electron chi connectivity index (χ3n) is 2.33. The van der Waals surface area contributed by atoms with Gasteiger partial charge < -0.3 is 9.72 Å². The van der Waals surface area contributed by atoms with Crippen LogP contribution in [0.25, 0.3) is 11.2 Å². The van der Waals surface area contributed by atoms with Crippen molar-refractivity contribution in [2.24, 2.45) is 0 Å². The Morgan fingerprint density at radius 3 is 2.56 bits per heavy atom. The number of aromatic nitrogens is 4. The van der Waals surface area contributed by atoms with Gasteiger partial charge in [-0.3, -0.25) is 14.8 Å². The molecule has 0 saturated heterocycles. The highest BCUT2D eigenvalue weighted by atomic mass is 16.5. The van der Waals surface area contributed by atoms with Crippen LogP contribution in [0.15, 0.2) is 39.9 Å². The topological polar surface area (TPSA) is 104 Å². The Labute approximate surface area is 99.5 Å². The van der Waals surface area contributed by atoms with E-state index >= 15 is 0 Å². The van der Waals surface area contributed by atoms with Gasteiger partial charge in [-0.25, -0.2) is 4.79 Å². The van der Waals surface area contributed by atoms with Gasteiger partial charge in [0, 0.05) is 0 Å². The summed E-state index contributed by atoms with van der Waals surface area (Å²) in [7, 11) is 0. The van der Waals surface area contributed by atoms with Crippen molar-refractivity contribution in [3.05, 3.63) is 51.2 Å². The molecule has 7 heteroatoms. The lowest BCUT2D eigenvalue weighted by atomic mass is 10.3. The first-order chi connectivity index (χ1) is 8.72. The van der Waals surface area contributed by atoms with Gasteiger partial charge in [0.2, 0.25) is 0 Å². The fraction of sp³-hybridized carbons (Fsp3) is 0. The van der Waals surface area contributed by atoms with Gasteiger partial charge in [-0.15, -0.1) is 0 Å². The molecule has 2 aromatic heterocycles. The molecule has 0 fully saturated rings. The fourth-order valence-corrected chi connectivity index (χ4v) is 1.56. The molecule has 2 heterocycles. The Hall–Kier alpha value is -2.83. The minimum Gasteiger partial charge on any atom is -0.426 e. The molecule has 3 N–H and O–H groups in total. The number of rotatable bonds is 2. The van der Waals surface area contributed by atoms with Crippen LogP contribution in [0.3, 0.4) is 0 Å². The summed E-state index contributed by atoms with van der Waals surface area (Å²) in [5.74, 6) is 0.579. The second kappa shape index (κ2) is 3.88. The number of hydrogen-bond donors (Lipinski definition) is 3. The number of hydrogen-bond acceptors (Lipinski definition) is 4. The Kier molecular flexibility index (Phi) is 2.23. The minimum atomic E-state index is -0.606. The maximum Gasteiger partial charge on any atom is 0.327 e. The zero-order valence-corrected chi connectivity index (χ0v) is 9.06. The molecule has 3 rings (SSSR count). The summed E-state index contributed by atoms with van der Waals surface area (Å²) < 4.78 is 5.42. The predicted molar refractivity (Wildman–Crippen MR) is 63.9 cm³/mol. The van der Waals surface area contributed by atoms with E-state index in [0.29, 0.717) is 5.75 Å². The molecule has 0 amide bonds. The van der Waals surface area contributed by atoms with E-state index in [0.717, 1.165) is 0 Å². The largest absolute Gasteiger partial charge is 0.426 e. The molecule has 0 atom stereocenters. The Bertz CT molecular complexity index is 800. The Morgan fingerprint density at radius 2 is 1.78 bits per heavy atom. The van der Waals surface area contributed by atoms with Gasteiger partial charge in [0.1, 0.15) is 5.75 Å². The molecule has 0 radical (unpaired) electrons. The van der Waals surface area contributed by atoms with E-state index in [-0.39, 0.29) is 17.2 Å². The lowest BCUT2D eigenvalue weighted by Gasteiger charge is -1.99.